The summed E-state index contributed by atoms with van der Waals surface area (Å²) in [5.41, 5.74) is 5.64. The molecule has 0 aliphatic carbocycles. The lowest BCUT2D eigenvalue weighted by Crippen LogP contribution is -2.74. The number of amides is 3. The number of carbonyl (C=O) groups is 3. The van der Waals surface area contributed by atoms with E-state index < -0.39 is 40.1 Å². The standard InChI is InChI=1S/C17H18N6O7S2/c1-30-22-12(10-8-31-17(18)20-10)15(25)21-13-11(23(16(13)26)32(27,28)29)7-19-14(24)9-5-3-2-4-6-9/h2-6,8,11,13H,7H2,1H3,(H2,18,20)(H,19,24)(H,21,25)(H,27,28,29)/b22-12-/t11-,13+/m0/s1. The van der Waals surface area contributed by atoms with Gasteiger partial charge in [0.05, 0.1) is 6.04 Å². The van der Waals surface area contributed by atoms with Crippen molar-refractivity contribution < 1.29 is 32.2 Å². The van der Waals surface area contributed by atoms with Gasteiger partial charge in [-0.15, -0.1) is 11.3 Å². The Balaban J connectivity index is 1.77. The van der Waals surface area contributed by atoms with Gasteiger partial charge in [0, 0.05) is 17.5 Å². The van der Waals surface area contributed by atoms with Crippen molar-refractivity contribution in [2.24, 2.45) is 5.16 Å². The van der Waals surface area contributed by atoms with Crippen molar-refractivity contribution >= 4 is 50.2 Å². The Morgan fingerprint density at radius 3 is 2.59 bits per heavy atom. The van der Waals surface area contributed by atoms with E-state index in [9.17, 15) is 27.4 Å². The Hall–Kier alpha value is -3.56. The summed E-state index contributed by atoms with van der Waals surface area (Å²) in [7, 11) is -3.73. The van der Waals surface area contributed by atoms with Gasteiger partial charge in [0.1, 0.15) is 18.8 Å². The molecule has 1 aromatic heterocycles. The first-order valence-corrected chi connectivity index (χ1v) is 11.2. The third-order valence-electron chi connectivity index (χ3n) is 4.37. The first kappa shape index (κ1) is 23.1. The molecule has 2 aromatic rings. The molecule has 15 heteroatoms. The number of nitrogens with zero attached hydrogens (tertiary/aromatic N) is 3. The molecular formula is C17H18N6O7S2. The van der Waals surface area contributed by atoms with Crippen LogP contribution in [0.5, 0.6) is 0 Å². The number of β-lactam (4-membered cyclic amide) rings is 1. The average molecular weight is 483 g/mol. The van der Waals surface area contributed by atoms with Crippen LogP contribution in [0.3, 0.4) is 0 Å². The SMILES string of the molecule is CO/N=C(\C(=O)N[C@H]1C(=O)N(S(=O)(=O)O)[C@H]1CNC(=O)c1ccccc1)c1csc(N)n1. The summed E-state index contributed by atoms with van der Waals surface area (Å²) >= 11 is 1.04. The van der Waals surface area contributed by atoms with Gasteiger partial charge in [-0.1, -0.05) is 23.4 Å². The van der Waals surface area contributed by atoms with Crippen molar-refractivity contribution in [1.29, 1.82) is 0 Å². The van der Waals surface area contributed by atoms with Crippen LogP contribution >= 0.6 is 11.3 Å². The van der Waals surface area contributed by atoms with Crippen LogP contribution in [0.4, 0.5) is 5.13 Å². The molecule has 3 amide bonds. The molecular weight excluding hydrogens is 464 g/mol. The quantitative estimate of drug-likeness (QED) is 0.158. The molecule has 1 saturated heterocycles. The third-order valence-corrected chi connectivity index (χ3v) is 6.00. The first-order valence-electron chi connectivity index (χ1n) is 8.90. The molecule has 0 unspecified atom stereocenters. The van der Waals surface area contributed by atoms with Gasteiger partial charge in [-0.25, -0.2) is 9.29 Å². The van der Waals surface area contributed by atoms with E-state index in [-0.39, 0.29) is 27.4 Å². The number of aromatic nitrogens is 1. The zero-order valence-corrected chi connectivity index (χ0v) is 18.1. The second-order valence-electron chi connectivity index (χ2n) is 6.40. The molecule has 1 aromatic carbocycles. The number of oxime groups is 1. The number of thiazole rings is 1. The van der Waals surface area contributed by atoms with E-state index in [0.717, 1.165) is 11.3 Å². The maximum atomic E-state index is 12.7. The summed E-state index contributed by atoms with van der Waals surface area (Å²) in [5, 5.41) is 9.99. The largest absolute Gasteiger partial charge is 0.398 e. The average Bonchev–Trinajstić information content (AvgIpc) is 3.17. The monoisotopic (exact) mass is 482 g/mol. The molecule has 0 bridgehead atoms. The number of hydrogen-bond donors (Lipinski definition) is 4. The van der Waals surface area contributed by atoms with Crippen molar-refractivity contribution in [3.63, 3.8) is 0 Å². The molecule has 0 saturated carbocycles. The summed E-state index contributed by atoms with van der Waals surface area (Å²) in [6, 6.07) is 5.40. The van der Waals surface area contributed by atoms with E-state index >= 15 is 0 Å². The molecule has 1 aliphatic heterocycles. The number of nitrogens with two attached hydrogens (primary N) is 1. The molecule has 1 fully saturated rings. The number of benzene rings is 1. The number of rotatable bonds is 8. The van der Waals surface area contributed by atoms with Gasteiger partial charge in [0.25, 0.3) is 17.7 Å². The lowest BCUT2D eigenvalue weighted by molar-refractivity contribution is -0.144. The first-order chi connectivity index (χ1) is 15.1. The fourth-order valence-corrected chi connectivity index (χ4v) is 4.38. The molecule has 0 spiro atoms. The summed E-state index contributed by atoms with van der Waals surface area (Å²) in [4.78, 5) is 45.9. The second-order valence-corrected chi connectivity index (χ2v) is 8.58. The van der Waals surface area contributed by atoms with Crippen molar-refractivity contribution in [1.82, 2.24) is 19.9 Å². The Morgan fingerprint density at radius 2 is 2.03 bits per heavy atom. The van der Waals surface area contributed by atoms with Crippen LogP contribution < -0.4 is 16.4 Å². The molecule has 2 atom stereocenters. The van der Waals surface area contributed by atoms with Crippen LogP contribution in [-0.4, -0.2) is 71.4 Å². The van der Waals surface area contributed by atoms with Gasteiger partial charge in [-0.3, -0.25) is 18.9 Å². The predicted octanol–water partition coefficient (Wildman–Crippen LogP) is -0.996. The summed E-state index contributed by atoms with van der Waals surface area (Å²) in [6.45, 7) is -0.370. The highest BCUT2D eigenvalue weighted by atomic mass is 32.2. The van der Waals surface area contributed by atoms with Crippen molar-refractivity contribution in [2.75, 3.05) is 19.4 Å². The fourth-order valence-electron chi connectivity index (χ4n) is 2.95. The Labute approximate surface area is 186 Å². The summed E-state index contributed by atoms with van der Waals surface area (Å²) in [5.74, 6) is -2.52. The number of carbonyl (C=O) groups excluding carboxylic acids is 3. The Bertz CT molecular complexity index is 1170. The van der Waals surface area contributed by atoms with E-state index in [2.05, 4.69) is 25.6 Å². The molecule has 2 heterocycles. The van der Waals surface area contributed by atoms with Gasteiger partial charge in [0.2, 0.25) is 0 Å². The van der Waals surface area contributed by atoms with E-state index in [1.54, 1.807) is 18.2 Å². The van der Waals surface area contributed by atoms with Crippen LogP contribution in [-0.2, 0) is 24.7 Å². The van der Waals surface area contributed by atoms with Gasteiger partial charge in [-0.05, 0) is 12.1 Å². The van der Waals surface area contributed by atoms with E-state index in [4.69, 9.17) is 5.73 Å². The maximum absolute atomic E-state index is 12.7. The van der Waals surface area contributed by atoms with Crippen LogP contribution in [0.15, 0.2) is 40.9 Å². The van der Waals surface area contributed by atoms with Crippen LogP contribution in [0, 0.1) is 0 Å². The van der Waals surface area contributed by atoms with Gasteiger partial charge in [-0.2, -0.15) is 8.42 Å². The zero-order valence-electron chi connectivity index (χ0n) is 16.5. The Morgan fingerprint density at radius 1 is 1.34 bits per heavy atom. The smallest absolute Gasteiger partial charge is 0.362 e. The Kier molecular flexibility index (Phi) is 6.71. The number of nitrogen functional groups attached to an aromatic ring is 1. The molecule has 32 heavy (non-hydrogen) atoms. The molecule has 170 valence electrons. The molecule has 0 radical (unpaired) electrons. The van der Waals surface area contributed by atoms with Gasteiger partial charge < -0.3 is 21.2 Å². The minimum atomic E-state index is -4.93. The second kappa shape index (κ2) is 9.29. The number of hydrogen-bond acceptors (Lipinski definition) is 10. The highest BCUT2D eigenvalue weighted by Crippen LogP contribution is 2.23. The fraction of sp³-hybridized carbons (Fsp3) is 0.235. The highest BCUT2D eigenvalue weighted by molar-refractivity contribution is 7.84. The minimum Gasteiger partial charge on any atom is -0.398 e. The number of nitrogens with one attached hydrogen (secondary N) is 2. The topological polar surface area (TPSA) is 193 Å². The molecule has 13 nitrogen and oxygen atoms in total. The highest BCUT2D eigenvalue weighted by Gasteiger charge is 2.54. The molecule has 5 N–H and O–H groups in total. The normalized spacial score (nSPS) is 18.6. The summed E-state index contributed by atoms with van der Waals surface area (Å²) in [6.07, 6.45) is 0. The van der Waals surface area contributed by atoms with Gasteiger partial charge >= 0.3 is 10.3 Å². The minimum absolute atomic E-state index is 0.0826. The van der Waals surface area contributed by atoms with Gasteiger partial charge in [0.15, 0.2) is 10.8 Å². The lowest BCUT2D eigenvalue weighted by atomic mass is 9.98. The zero-order chi connectivity index (χ0) is 23.5. The van der Waals surface area contributed by atoms with E-state index in [1.807, 2.05) is 0 Å². The van der Waals surface area contributed by atoms with E-state index in [0.29, 0.717) is 5.56 Å². The van der Waals surface area contributed by atoms with Crippen molar-refractivity contribution in [3.05, 3.63) is 47.0 Å². The van der Waals surface area contributed by atoms with Crippen LogP contribution in [0.1, 0.15) is 16.1 Å². The maximum Gasteiger partial charge on any atom is 0.362 e. The van der Waals surface area contributed by atoms with E-state index in [1.165, 1.54) is 24.6 Å². The summed E-state index contributed by atoms with van der Waals surface area (Å²) < 4.78 is 32.8. The van der Waals surface area contributed by atoms with Crippen LogP contribution in [0.25, 0.3) is 0 Å². The van der Waals surface area contributed by atoms with Crippen molar-refractivity contribution in [2.45, 2.75) is 12.1 Å². The lowest BCUT2D eigenvalue weighted by Gasteiger charge is -2.44. The van der Waals surface area contributed by atoms with Crippen molar-refractivity contribution in [3.8, 4) is 0 Å². The van der Waals surface area contributed by atoms with Crippen LogP contribution in [0.2, 0.25) is 0 Å². The molecule has 3 rings (SSSR count). The third kappa shape index (κ3) is 4.84. The molecule has 1 aliphatic rings. The number of anilines is 1. The predicted molar refractivity (Wildman–Crippen MR) is 113 cm³/mol.